The molecule has 0 aliphatic carbocycles. The van der Waals surface area contributed by atoms with Gasteiger partial charge in [-0.2, -0.15) is 9.57 Å². The van der Waals surface area contributed by atoms with E-state index in [1.807, 2.05) is 6.07 Å². The molecule has 1 rings (SSSR count). The fourth-order valence-electron chi connectivity index (χ4n) is 1.66. The molecule has 0 heterocycles. The second-order valence-corrected chi connectivity index (χ2v) is 6.38. The first-order chi connectivity index (χ1) is 10.3. The highest BCUT2D eigenvalue weighted by atomic mass is 32.2. The molecule has 0 saturated heterocycles. The summed E-state index contributed by atoms with van der Waals surface area (Å²) in [6.45, 7) is 3.29. The van der Waals surface area contributed by atoms with E-state index in [0.717, 1.165) is 4.31 Å². The van der Waals surface area contributed by atoms with Gasteiger partial charge in [0, 0.05) is 7.05 Å². The maximum absolute atomic E-state index is 12.6. The minimum atomic E-state index is -3.99. The average Bonchev–Trinajstić information content (AvgIpc) is 2.52. The predicted molar refractivity (Wildman–Crippen MR) is 79.0 cm³/mol. The van der Waals surface area contributed by atoms with Crippen LogP contribution in [0.1, 0.15) is 24.2 Å². The van der Waals surface area contributed by atoms with Gasteiger partial charge < -0.3 is 9.47 Å². The quantitative estimate of drug-likeness (QED) is 0.733. The zero-order chi connectivity index (χ0) is 16.9. The minimum absolute atomic E-state index is 0.0880. The van der Waals surface area contributed by atoms with E-state index in [9.17, 15) is 13.2 Å². The van der Waals surface area contributed by atoms with Crippen LogP contribution in [0.3, 0.4) is 0 Å². The SMILES string of the molecule is CCOC(=O)c1ccc(OC)c(S(=O)(=O)N(C)[C@H](C)C#N)c1. The molecule has 0 unspecified atom stereocenters. The Labute approximate surface area is 130 Å². The van der Waals surface area contributed by atoms with Crippen molar-refractivity contribution in [2.24, 2.45) is 0 Å². The van der Waals surface area contributed by atoms with Gasteiger partial charge >= 0.3 is 5.97 Å². The van der Waals surface area contributed by atoms with Crippen molar-refractivity contribution in [2.75, 3.05) is 20.8 Å². The highest BCUT2D eigenvalue weighted by molar-refractivity contribution is 7.89. The summed E-state index contributed by atoms with van der Waals surface area (Å²) < 4.78 is 36.0. The molecule has 0 N–H and O–H groups in total. The second-order valence-electron chi connectivity index (χ2n) is 4.41. The van der Waals surface area contributed by atoms with Crippen molar-refractivity contribution in [1.82, 2.24) is 4.31 Å². The van der Waals surface area contributed by atoms with Gasteiger partial charge in [0.1, 0.15) is 16.7 Å². The Kier molecular flexibility index (Phi) is 5.91. The van der Waals surface area contributed by atoms with Crippen molar-refractivity contribution in [3.63, 3.8) is 0 Å². The number of hydrogen-bond acceptors (Lipinski definition) is 6. The fraction of sp³-hybridized carbons (Fsp3) is 0.429. The molecule has 1 atom stereocenters. The summed E-state index contributed by atoms with van der Waals surface area (Å²) in [5.74, 6) is -0.539. The molecule has 1 aromatic rings. The molecule has 0 aromatic heterocycles. The molecule has 22 heavy (non-hydrogen) atoms. The summed E-state index contributed by atoms with van der Waals surface area (Å²) >= 11 is 0. The predicted octanol–water partition coefficient (Wildman–Crippen LogP) is 1.40. The second kappa shape index (κ2) is 7.24. The molecular weight excluding hydrogens is 308 g/mol. The van der Waals surface area contributed by atoms with E-state index in [1.165, 1.54) is 39.3 Å². The van der Waals surface area contributed by atoms with Crippen molar-refractivity contribution < 1.29 is 22.7 Å². The molecule has 0 aliphatic heterocycles. The molecule has 7 nitrogen and oxygen atoms in total. The summed E-state index contributed by atoms with van der Waals surface area (Å²) in [5.41, 5.74) is 0.0965. The first-order valence-electron chi connectivity index (χ1n) is 6.52. The number of benzene rings is 1. The maximum atomic E-state index is 12.6. The van der Waals surface area contributed by atoms with Crippen LogP contribution in [0.15, 0.2) is 23.1 Å². The number of carbonyl (C=O) groups is 1. The number of nitrogens with zero attached hydrogens (tertiary/aromatic N) is 2. The Balaban J connectivity index is 3.41. The Morgan fingerprint density at radius 1 is 1.45 bits per heavy atom. The lowest BCUT2D eigenvalue weighted by Gasteiger charge is -2.20. The van der Waals surface area contributed by atoms with E-state index in [4.69, 9.17) is 14.7 Å². The number of ether oxygens (including phenoxy) is 2. The Bertz CT molecular complexity index is 694. The summed E-state index contributed by atoms with van der Waals surface area (Å²) in [4.78, 5) is 11.6. The van der Waals surface area contributed by atoms with Crippen LogP contribution in [-0.2, 0) is 14.8 Å². The molecule has 0 fully saturated rings. The number of nitriles is 1. The number of hydrogen-bond donors (Lipinski definition) is 0. The normalized spacial score (nSPS) is 12.5. The van der Waals surface area contributed by atoms with E-state index < -0.39 is 22.0 Å². The van der Waals surface area contributed by atoms with Gasteiger partial charge in [-0.3, -0.25) is 0 Å². The van der Waals surface area contributed by atoms with E-state index in [-0.39, 0.29) is 22.8 Å². The molecule has 1 aromatic carbocycles. The molecule has 0 spiro atoms. The fourth-order valence-corrected chi connectivity index (χ4v) is 3.12. The summed E-state index contributed by atoms with van der Waals surface area (Å²) in [5, 5.41) is 8.89. The third-order valence-corrected chi connectivity index (χ3v) is 5.01. The van der Waals surface area contributed by atoms with Crippen LogP contribution in [0.5, 0.6) is 5.75 Å². The number of sulfonamides is 1. The summed E-state index contributed by atoms with van der Waals surface area (Å²) in [7, 11) is -1.37. The van der Waals surface area contributed by atoms with Crippen molar-refractivity contribution in [1.29, 1.82) is 5.26 Å². The zero-order valence-corrected chi connectivity index (χ0v) is 13.7. The molecule has 0 radical (unpaired) electrons. The number of carbonyl (C=O) groups excluding carboxylic acids is 1. The monoisotopic (exact) mass is 326 g/mol. The third kappa shape index (κ3) is 3.55. The van der Waals surface area contributed by atoms with Crippen molar-refractivity contribution in [2.45, 2.75) is 24.8 Å². The van der Waals surface area contributed by atoms with Gasteiger partial charge in [0.15, 0.2) is 0 Å². The lowest BCUT2D eigenvalue weighted by Crippen LogP contribution is -2.34. The van der Waals surface area contributed by atoms with Gasteiger partial charge in [-0.25, -0.2) is 13.2 Å². The third-order valence-electron chi connectivity index (χ3n) is 3.06. The van der Waals surface area contributed by atoms with Crippen LogP contribution in [0, 0.1) is 11.3 Å². The van der Waals surface area contributed by atoms with Crippen molar-refractivity contribution >= 4 is 16.0 Å². The van der Waals surface area contributed by atoms with Crippen LogP contribution in [0.25, 0.3) is 0 Å². The molecular formula is C14H18N2O5S. The standard InChI is InChI=1S/C14H18N2O5S/c1-5-21-14(17)11-6-7-12(20-4)13(8-11)22(18,19)16(3)10(2)9-15/h6-8,10H,5H2,1-4H3/t10-/m1/s1. The molecule has 8 heteroatoms. The van der Waals surface area contributed by atoms with E-state index in [0.29, 0.717) is 0 Å². The molecule has 0 bridgehead atoms. The molecule has 0 aliphatic rings. The molecule has 0 saturated carbocycles. The Morgan fingerprint density at radius 3 is 2.59 bits per heavy atom. The largest absolute Gasteiger partial charge is 0.495 e. The van der Waals surface area contributed by atoms with E-state index >= 15 is 0 Å². The van der Waals surface area contributed by atoms with Crippen LogP contribution in [-0.4, -0.2) is 45.5 Å². The van der Waals surface area contributed by atoms with Crippen LogP contribution in [0.4, 0.5) is 0 Å². The average molecular weight is 326 g/mol. The van der Waals surface area contributed by atoms with Gasteiger partial charge in [0.05, 0.1) is 25.3 Å². The summed E-state index contributed by atoms with van der Waals surface area (Å²) in [6.07, 6.45) is 0. The number of rotatable bonds is 6. The van der Waals surface area contributed by atoms with Gasteiger partial charge in [0.2, 0.25) is 10.0 Å². The Hall–Kier alpha value is -2.11. The van der Waals surface area contributed by atoms with E-state index in [1.54, 1.807) is 6.92 Å². The molecule has 0 amide bonds. The van der Waals surface area contributed by atoms with Crippen molar-refractivity contribution in [3.8, 4) is 11.8 Å². The van der Waals surface area contributed by atoms with Crippen LogP contribution >= 0.6 is 0 Å². The van der Waals surface area contributed by atoms with Gasteiger partial charge in [-0.15, -0.1) is 0 Å². The lowest BCUT2D eigenvalue weighted by atomic mass is 10.2. The minimum Gasteiger partial charge on any atom is -0.495 e. The van der Waals surface area contributed by atoms with Crippen LogP contribution < -0.4 is 4.74 Å². The zero-order valence-electron chi connectivity index (χ0n) is 12.9. The van der Waals surface area contributed by atoms with Crippen LogP contribution in [0.2, 0.25) is 0 Å². The first-order valence-corrected chi connectivity index (χ1v) is 7.96. The number of esters is 1. The van der Waals surface area contributed by atoms with Gasteiger partial charge in [-0.05, 0) is 32.0 Å². The van der Waals surface area contributed by atoms with E-state index in [2.05, 4.69) is 0 Å². The first kappa shape index (κ1) is 17.9. The highest BCUT2D eigenvalue weighted by Crippen LogP contribution is 2.28. The lowest BCUT2D eigenvalue weighted by molar-refractivity contribution is 0.0526. The van der Waals surface area contributed by atoms with Crippen molar-refractivity contribution in [3.05, 3.63) is 23.8 Å². The van der Waals surface area contributed by atoms with Gasteiger partial charge in [0.25, 0.3) is 0 Å². The topological polar surface area (TPSA) is 96.7 Å². The summed E-state index contributed by atoms with van der Waals surface area (Å²) in [6, 6.07) is 4.98. The maximum Gasteiger partial charge on any atom is 0.338 e. The smallest absolute Gasteiger partial charge is 0.338 e. The molecule has 120 valence electrons. The highest BCUT2D eigenvalue weighted by Gasteiger charge is 2.29. The Morgan fingerprint density at radius 2 is 2.09 bits per heavy atom. The number of methoxy groups -OCH3 is 1. The van der Waals surface area contributed by atoms with Gasteiger partial charge in [-0.1, -0.05) is 0 Å².